The first-order chi connectivity index (χ1) is 15.6. The number of primary amides is 1. The van der Waals surface area contributed by atoms with Gasteiger partial charge in [-0.3, -0.25) is 19.9 Å². The highest BCUT2D eigenvalue weighted by atomic mass is 32.1. The largest absolute Gasteiger partial charge is 0.378 e. The van der Waals surface area contributed by atoms with Crippen molar-refractivity contribution in [3.8, 4) is 0 Å². The molecule has 168 valence electrons. The number of hydrogen-bond acceptors (Lipinski definition) is 8. The SMILES string of the molecule is NC(=O)c1ccc2sc(C3C(=O)NC(N4CCOCC4)=NC3=N[C@@H]3CCCNC3)nc2c1. The van der Waals surface area contributed by atoms with Crippen LogP contribution >= 0.6 is 11.3 Å². The topological polar surface area (TPSA) is 134 Å². The van der Waals surface area contributed by atoms with Gasteiger partial charge in [-0.15, -0.1) is 11.3 Å². The number of ether oxygens (including phenoxy) is 1. The molecule has 0 radical (unpaired) electrons. The van der Waals surface area contributed by atoms with E-state index < -0.39 is 11.8 Å². The molecule has 2 saturated heterocycles. The summed E-state index contributed by atoms with van der Waals surface area (Å²) in [5.74, 6) is -0.398. The lowest BCUT2D eigenvalue weighted by molar-refractivity contribution is -0.120. The second kappa shape index (κ2) is 8.93. The van der Waals surface area contributed by atoms with Crippen LogP contribution in [0.25, 0.3) is 10.2 Å². The Labute approximate surface area is 188 Å². The first-order valence-corrected chi connectivity index (χ1v) is 11.6. The second-order valence-electron chi connectivity index (χ2n) is 8.04. The quantitative estimate of drug-likeness (QED) is 0.615. The number of amidine groups is 1. The molecule has 3 aliphatic rings. The molecular formula is C21H25N7O3S. The molecule has 4 N–H and O–H groups in total. The molecule has 10 nitrogen and oxygen atoms in total. The van der Waals surface area contributed by atoms with Crippen molar-refractivity contribution in [2.45, 2.75) is 24.8 Å². The van der Waals surface area contributed by atoms with Gasteiger partial charge in [-0.25, -0.2) is 4.98 Å². The summed E-state index contributed by atoms with van der Waals surface area (Å²) < 4.78 is 6.30. The molecule has 1 unspecified atom stereocenters. The number of rotatable bonds is 3. The fraction of sp³-hybridized carbons (Fsp3) is 0.476. The van der Waals surface area contributed by atoms with Crippen LogP contribution in [0.5, 0.6) is 0 Å². The molecule has 2 fully saturated rings. The van der Waals surface area contributed by atoms with E-state index in [0.29, 0.717) is 54.2 Å². The molecule has 2 amide bonds. The van der Waals surface area contributed by atoms with E-state index in [0.717, 1.165) is 30.6 Å². The van der Waals surface area contributed by atoms with Crippen LogP contribution in [0.2, 0.25) is 0 Å². The number of aromatic nitrogens is 1. The van der Waals surface area contributed by atoms with Crippen LogP contribution < -0.4 is 16.4 Å². The smallest absolute Gasteiger partial charge is 0.248 e. The molecule has 2 atom stereocenters. The molecule has 0 spiro atoms. The van der Waals surface area contributed by atoms with Gasteiger partial charge in [-0.2, -0.15) is 4.99 Å². The van der Waals surface area contributed by atoms with Crippen LogP contribution in [0.4, 0.5) is 0 Å². The molecule has 11 heteroatoms. The van der Waals surface area contributed by atoms with Crippen LogP contribution in [-0.2, 0) is 9.53 Å². The number of nitrogens with one attached hydrogen (secondary N) is 2. The van der Waals surface area contributed by atoms with Crippen molar-refractivity contribution in [1.29, 1.82) is 0 Å². The Balaban J connectivity index is 1.53. The minimum absolute atomic E-state index is 0.0673. The van der Waals surface area contributed by atoms with E-state index in [2.05, 4.69) is 15.6 Å². The number of nitrogens with zero attached hydrogens (tertiary/aromatic N) is 4. The van der Waals surface area contributed by atoms with Crippen molar-refractivity contribution >= 4 is 45.2 Å². The third kappa shape index (κ3) is 4.23. The Morgan fingerprint density at radius 2 is 2.16 bits per heavy atom. The van der Waals surface area contributed by atoms with Gasteiger partial charge in [0.1, 0.15) is 16.8 Å². The number of guanidine groups is 1. The zero-order valence-electron chi connectivity index (χ0n) is 17.5. The number of aliphatic imine (C=N–C) groups is 2. The summed E-state index contributed by atoms with van der Waals surface area (Å²) in [6.07, 6.45) is 1.99. The van der Waals surface area contributed by atoms with Crippen molar-refractivity contribution in [1.82, 2.24) is 20.5 Å². The van der Waals surface area contributed by atoms with Gasteiger partial charge < -0.3 is 20.7 Å². The number of nitrogens with two attached hydrogens (primary N) is 1. The van der Waals surface area contributed by atoms with Crippen molar-refractivity contribution in [3.05, 3.63) is 28.8 Å². The monoisotopic (exact) mass is 455 g/mol. The molecule has 1 aromatic carbocycles. The maximum absolute atomic E-state index is 13.3. The lowest BCUT2D eigenvalue weighted by Crippen LogP contribution is -2.53. The van der Waals surface area contributed by atoms with E-state index in [1.807, 2.05) is 11.0 Å². The van der Waals surface area contributed by atoms with E-state index in [1.165, 1.54) is 11.3 Å². The van der Waals surface area contributed by atoms with Gasteiger partial charge in [0.2, 0.25) is 17.8 Å². The maximum atomic E-state index is 13.3. The van der Waals surface area contributed by atoms with Crippen molar-refractivity contribution in [2.24, 2.45) is 15.7 Å². The molecule has 0 aliphatic carbocycles. The number of hydrogen-bond donors (Lipinski definition) is 3. The number of fused-ring (bicyclic) bond motifs is 1. The number of amides is 2. The van der Waals surface area contributed by atoms with Gasteiger partial charge >= 0.3 is 0 Å². The first-order valence-electron chi connectivity index (χ1n) is 10.8. The molecule has 0 bridgehead atoms. The van der Waals surface area contributed by atoms with Gasteiger partial charge in [0.05, 0.1) is 29.5 Å². The summed E-state index contributed by atoms with van der Waals surface area (Å²) in [7, 11) is 0. The average molecular weight is 456 g/mol. The number of carbonyl (C=O) groups excluding carboxylic acids is 2. The lowest BCUT2D eigenvalue weighted by Gasteiger charge is -2.33. The van der Waals surface area contributed by atoms with Crippen LogP contribution in [-0.4, -0.2) is 78.9 Å². The molecule has 32 heavy (non-hydrogen) atoms. The van der Waals surface area contributed by atoms with E-state index in [4.69, 9.17) is 20.5 Å². The van der Waals surface area contributed by atoms with Gasteiger partial charge in [-0.05, 0) is 37.6 Å². The first kappa shape index (κ1) is 21.0. The fourth-order valence-electron chi connectivity index (χ4n) is 4.10. The predicted molar refractivity (Wildman–Crippen MR) is 122 cm³/mol. The van der Waals surface area contributed by atoms with E-state index in [1.54, 1.807) is 12.1 Å². The van der Waals surface area contributed by atoms with Crippen LogP contribution in [0.15, 0.2) is 28.2 Å². The molecule has 0 saturated carbocycles. The normalized spacial score (nSPS) is 25.6. The zero-order valence-corrected chi connectivity index (χ0v) is 18.4. The fourth-order valence-corrected chi connectivity index (χ4v) is 5.15. The third-order valence-corrected chi connectivity index (χ3v) is 6.91. The molecule has 4 heterocycles. The summed E-state index contributed by atoms with van der Waals surface area (Å²) in [6.45, 7) is 4.27. The Bertz CT molecular complexity index is 1100. The highest BCUT2D eigenvalue weighted by molar-refractivity contribution is 7.18. The summed E-state index contributed by atoms with van der Waals surface area (Å²) in [4.78, 5) is 41.2. The number of benzene rings is 1. The molecule has 1 aromatic heterocycles. The molecular weight excluding hydrogens is 430 g/mol. The Kier molecular flexibility index (Phi) is 5.85. The van der Waals surface area contributed by atoms with Crippen LogP contribution in [0.3, 0.4) is 0 Å². The van der Waals surface area contributed by atoms with E-state index in [-0.39, 0.29) is 11.9 Å². The summed E-state index contributed by atoms with van der Waals surface area (Å²) in [5, 5.41) is 6.92. The highest BCUT2D eigenvalue weighted by Crippen LogP contribution is 2.31. The number of piperidine rings is 1. The van der Waals surface area contributed by atoms with Gasteiger partial charge in [0, 0.05) is 25.2 Å². The van der Waals surface area contributed by atoms with E-state index >= 15 is 0 Å². The third-order valence-electron chi connectivity index (χ3n) is 5.81. The summed E-state index contributed by atoms with van der Waals surface area (Å²) in [5.41, 5.74) is 6.43. The van der Waals surface area contributed by atoms with Gasteiger partial charge in [-0.1, -0.05) is 0 Å². The Hall–Kier alpha value is -2.89. The number of morpholine rings is 1. The van der Waals surface area contributed by atoms with Crippen molar-refractivity contribution < 1.29 is 14.3 Å². The zero-order chi connectivity index (χ0) is 22.1. The van der Waals surface area contributed by atoms with E-state index in [9.17, 15) is 9.59 Å². The predicted octanol–water partition coefficient (Wildman–Crippen LogP) is 0.447. The van der Waals surface area contributed by atoms with Crippen molar-refractivity contribution in [3.63, 3.8) is 0 Å². The molecule has 3 aliphatic heterocycles. The second-order valence-corrected chi connectivity index (χ2v) is 9.11. The Morgan fingerprint density at radius 1 is 1.31 bits per heavy atom. The molecule has 2 aromatic rings. The minimum Gasteiger partial charge on any atom is -0.378 e. The lowest BCUT2D eigenvalue weighted by atomic mass is 10.0. The summed E-state index contributed by atoms with van der Waals surface area (Å²) in [6, 6.07) is 5.20. The van der Waals surface area contributed by atoms with Crippen LogP contribution in [0.1, 0.15) is 34.1 Å². The summed E-state index contributed by atoms with van der Waals surface area (Å²) >= 11 is 1.41. The van der Waals surface area contributed by atoms with Gasteiger partial charge in [0.25, 0.3) is 0 Å². The average Bonchev–Trinajstić information content (AvgIpc) is 3.22. The van der Waals surface area contributed by atoms with Gasteiger partial charge in [0.15, 0.2) is 0 Å². The Morgan fingerprint density at radius 3 is 2.91 bits per heavy atom. The maximum Gasteiger partial charge on any atom is 0.248 e. The standard InChI is InChI=1S/C21H25N7O3S/c22-17(29)12-3-4-15-14(10-12)25-20(32-15)16-18(24-13-2-1-5-23-11-13)26-21(27-19(16)30)28-6-8-31-9-7-28/h3-4,10,13,16,23H,1-2,5-9,11H2,(H2,22,29)(H,24,26,27,30)/t13-,16?/m1/s1. The van der Waals surface area contributed by atoms with Crippen molar-refractivity contribution in [2.75, 3.05) is 39.4 Å². The highest BCUT2D eigenvalue weighted by Gasteiger charge is 2.36. The van der Waals surface area contributed by atoms with Crippen LogP contribution in [0, 0.1) is 0 Å². The number of thiazole rings is 1. The minimum atomic E-state index is -0.698. The molecule has 5 rings (SSSR count). The number of carbonyl (C=O) groups is 2.